The van der Waals surface area contributed by atoms with Gasteiger partial charge in [-0.05, 0) is 37.0 Å². The minimum absolute atomic E-state index is 0.720. The molecule has 2 aromatic rings. The molecule has 1 fully saturated rings. The predicted octanol–water partition coefficient (Wildman–Crippen LogP) is 3.11. The lowest BCUT2D eigenvalue weighted by molar-refractivity contribution is 0.278. The molecule has 0 atom stereocenters. The van der Waals surface area contributed by atoms with Gasteiger partial charge in [-0.15, -0.1) is 0 Å². The van der Waals surface area contributed by atoms with E-state index in [4.69, 9.17) is 12.2 Å². The van der Waals surface area contributed by atoms with Crippen molar-refractivity contribution in [3.05, 3.63) is 36.0 Å². The maximum atomic E-state index is 5.40. The first-order chi connectivity index (χ1) is 10.2. The number of nitrogens with one attached hydrogen (secondary N) is 2. The smallest absolute Gasteiger partial charge is 0.189 e. The standard InChI is InChI=1S/C16H20N4S/c1-12-6-8-20(9-7-12)16(21)19-18-11-13-10-17-15-5-3-2-4-14(13)15/h2-5,10-12,17H,6-9H2,1H3,(H,19,21)/b18-11-. The Kier molecular flexibility index (Phi) is 4.20. The summed E-state index contributed by atoms with van der Waals surface area (Å²) in [7, 11) is 0. The number of fused-ring (bicyclic) bond motifs is 1. The lowest BCUT2D eigenvalue weighted by Gasteiger charge is -2.31. The molecule has 1 aromatic heterocycles. The fourth-order valence-electron chi connectivity index (χ4n) is 2.64. The van der Waals surface area contributed by atoms with Crippen LogP contribution in [0, 0.1) is 5.92 Å². The summed E-state index contributed by atoms with van der Waals surface area (Å²) in [5, 5.41) is 6.17. The molecule has 5 heteroatoms. The molecular weight excluding hydrogens is 280 g/mol. The zero-order chi connectivity index (χ0) is 14.7. The molecule has 0 saturated carbocycles. The largest absolute Gasteiger partial charge is 0.361 e. The minimum atomic E-state index is 0.720. The van der Waals surface area contributed by atoms with Crippen LogP contribution < -0.4 is 5.43 Å². The maximum Gasteiger partial charge on any atom is 0.189 e. The van der Waals surface area contributed by atoms with Gasteiger partial charge in [-0.1, -0.05) is 25.1 Å². The van der Waals surface area contributed by atoms with Crippen LogP contribution in [-0.4, -0.2) is 34.3 Å². The second-order valence-corrected chi connectivity index (χ2v) is 6.02. The highest BCUT2D eigenvalue weighted by molar-refractivity contribution is 7.80. The van der Waals surface area contributed by atoms with Gasteiger partial charge in [0.1, 0.15) is 0 Å². The number of hydrogen-bond acceptors (Lipinski definition) is 2. The van der Waals surface area contributed by atoms with Gasteiger partial charge < -0.3 is 9.88 Å². The van der Waals surface area contributed by atoms with Crippen LogP contribution in [0.25, 0.3) is 10.9 Å². The van der Waals surface area contributed by atoms with Crippen molar-refractivity contribution in [3.8, 4) is 0 Å². The van der Waals surface area contributed by atoms with Gasteiger partial charge in [0.2, 0.25) is 0 Å². The summed E-state index contributed by atoms with van der Waals surface area (Å²) in [5.74, 6) is 0.804. The summed E-state index contributed by atoms with van der Waals surface area (Å²) in [4.78, 5) is 5.43. The highest BCUT2D eigenvalue weighted by atomic mass is 32.1. The lowest BCUT2D eigenvalue weighted by Crippen LogP contribution is -2.42. The van der Waals surface area contributed by atoms with E-state index in [1.54, 1.807) is 0 Å². The molecule has 0 spiro atoms. The van der Waals surface area contributed by atoms with Crippen LogP contribution >= 0.6 is 12.2 Å². The number of nitrogens with zero attached hydrogens (tertiary/aromatic N) is 2. The molecule has 0 unspecified atom stereocenters. The summed E-state index contributed by atoms with van der Waals surface area (Å²) < 4.78 is 0. The van der Waals surface area contributed by atoms with Crippen LogP contribution in [0.1, 0.15) is 25.3 Å². The van der Waals surface area contributed by atoms with Gasteiger partial charge in [-0.25, -0.2) is 0 Å². The molecule has 21 heavy (non-hydrogen) atoms. The molecule has 110 valence electrons. The van der Waals surface area contributed by atoms with Gasteiger partial charge >= 0.3 is 0 Å². The van der Waals surface area contributed by atoms with Gasteiger partial charge in [-0.3, -0.25) is 5.43 Å². The molecule has 1 aromatic carbocycles. The predicted molar refractivity (Wildman–Crippen MR) is 91.6 cm³/mol. The fraction of sp³-hybridized carbons (Fsp3) is 0.375. The van der Waals surface area contributed by atoms with Crippen LogP contribution in [0.2, 0.25) is 0 Å². The first-order valence-electron chi connectivity index (χ1n) is 7.38. The van der Waals surface area contributed by atoms with E-state index in [2.05, 4.69) is 39.5 Å². The normalized spacial score (nSPS) is 16.7. The van der Waals surface area contributed by atoms with Crippen molar-refractivity contribution < 1.29 is 0 Å². The Bertz CT molecular complexity index is 653. The van der Waals surface area contributed by atoms with Crippen LogP contribution in [0.5, 0.6) is 0 Å². The average molecular weight is 300 g/mol. The Morgan fingerprint density at radius 3 is 2.95 bits per heavy atom. The Morgan fingerprint density at radius 1 is 1.38 bits per heavy atom. The Labute approximate surface area is 130 Å². The molecule has 0 bridgehead atoms. The molecule has 2 heterocycles. The number of H-pyrrole nitrogens is 1. The molecule has 4 nitrogen and oxygen atoms in total. The summed E-state index contributed by atoms with van der Waals surface area (Å²) in [5.41, 5.74) is 5.16. The van der Waals surface area contributed by atoms with Gasteiger partial charge in [0, 0.05) is 35.8 Å². The number of hydrogen-bond donors (Lipinski definition) is 2. The van der Waals surface area contributed by atoms with Crippen LogP contribution in [0.15, 0.2) is 35.6 Å². The number of hydrazone groups is 1. The summed E-state index contributed by atoms with van der Waals surface area (Å²) in [6.07, 6.45) is 6.18. The quantitative estimate of drug-likeness (QED) is 0.509. The van der Waals surface area contributed by atoms with Gasteiger partial charge in [-0.2, -0.15) is 5.10 Å². The summed E-state index contributed by atoms with van der Waals surface area (Å²) in [6, 6.07) is 8.18. The van der Waals surface area contributed by atoms with Gasteiger partial charge in [0.15, 0.2) is 5.11 Å². The third-order valence-corrected chi connectivity index (χ3v) is 4.41. The number of aromatic amines is 1. The van der Waals surface area contributed by atoms with Gasteiger partial charge in [0.05, 0.1) is 6.21 Å². The Morgan fingerprint density at radius 2 is 2.14 bits per heavy atom. The second kappa shape index (κ2) is 6.26. The van der Waals surface area contributed by atoms with Crippen molar-refractivity contribution >= 4 is 34.4 Å². The molecule has 0 aliphatic carbocycles. The molecule has 3 rings (SSSR count). The number of rotatable bonds is 2. The monoisotopic (exact) mass is 300 g/mol. The third kappa shape index (κ3) is 3.24. The topological polar surface area (TPSA) is 43.4 Å². The summed E-state index contributed by atoms with van der Waals surface area (Å²) >= 11 is 5.40. The average Bonchev–Trinajstić information content (AvgIpc) is 2.91. The zero-order valence-electron chi connectivity index (χ0n) is 12.2. The van der Waals surface area contributed by atoms with E-state index in [1.165, 1.54) is 18.2 Å². The Balaban J connectivity index is 1.60. The van der Waals surface area contributed by atoms with Crippen LogP contribution in [0.4, 0.5) is 0 Å². The summed E-state index contributed by atoms with van der Waals surface area (Å²) in [6.45, 7) is 4.34. The SMILES string of the molecule is CC1CCN(C(=S)N/N=C\c2c[nH]c3ccccc23)CC1. The lowest BCUT2D eigenvalue weighted by atomic mass is 10.00. The van der Waals surface area contributed by atoms with E-state index >= 15 is 0 Å². The number of piperidine rings is 1. The molecule has 1 aliphatic rings. The van der Waals surface area contributed by atoms with E-state index in [0.29, 0.717) is 0 Å². The molecule has 2 N–H and O–H groups in total. The van der Waals surface area contributed by atoms with E-state index < -0.39 is 0 Å². The minimum Gasteiger partial charge on any atom is -0.361 e. The number of thiocarbonyl (C=S) groups is 1. The molecule has 0 amide bonds. The highest BCUT2D eigenvalue weighted by Gasteiger charge is 2.17. The van der Waals surface area contributed by atoms with E-state index in [-0.39, 0.29) is 0 Å². The van der Waals surface area contributed by atoms with Gasteiger partial charge in [0.25, 0.3) is 0 Å². The van der Waals surface area contributed by atoms with E-state index in [9.17, 15) is 0 Å². The molecular formula is C16H20N4S. The Hall–Kier alpha value is -1.88. The van der Waals surface area contributed by atoms with E-state index in [0.717, 1.165) is 35.2 Å². The van der Waals surface area contributed by atoms with Crippen molar-refractivity contribution in [2.45, 2.75) is 19.8 Å². The zero-order valence-corrected chi connectivity index (χ0v) is 13.0. The van der Waals surface area contributed by atoms with Crippen molar-refractivity contribution in [3.63, 3.8) is 0 Å². The molecule has 1 saturated heterocycles. The van der Waals surface area contributed by atoms with Crippen molar-refractivity contribution in [1.82, 2.24) is 15.3 Å². The van der Waals surface area contributed by atoms with Crippen LogP contribution in [0.3, 0.4) is 0 Å². The number of para-hydroxylation sites is 1. The van der Waals surface area contributed by atoms with Crippen molar-refractivity contribution in [2.75, 3.05) is 13.1 Å². The first kappa shape index (κ1) is 14.1. The number of benzene rings is 1. The van der Waals surface area contributed by atoms with Crippen molar-refractivity contribution in [1.29, 1.82) is 0 Å². The maximum absolute atomic E-state index is 5.40. The molecule has 0 radical (unpaired) electrons. The van der Waals surface area contributed by atoms with Crippen LogP contribution in [-0.2, 0) is 0 Å². The van der Waals surface area contributed by atoms with E-state index in [1.807, 2.05) is 24.5 Å². The first-order valence-corrected chi connectivity index (χ1v) is 7.79. The number of likely N-dealkylation sites (tertiary alicyclic amines) is 1. The second-order valence-electron chi connectivity index (χ2n) is 5.63. The third-order valence-electron chi connectivity index (χ3n) is 4.06. The number of aromatic nitrogens is 1. The van der Waals surface area contributed by atoms with Crippen molar-refractivity contribution in [2.24, 2.45) is 11.0 Å². The molecule has 1 aliphatic heterocycles. The fourth-order valence-corrected chi connectivity index (χ4v) is 2.88. The highest BCUT2D eigenvalue weighted by Crippen LogP contribution is 2.16.